The first-order chi connectivity index (χ1) is 12.8. The highest BCUT2D eigenvalue weighted by atomic mass is 32.1. The lowest BCUT2D eigenvalue weighted by atomic mass is 9.96. The molecule has 0 aliphatic rings. The van der Waals surface area contributed by atoms with E-state index in [1.807, 2.05) is 13.0 Å². The van der Waals surface area contributed by atoms with Gasteiger partial charge in [0.15, 0.2) is 11.5 Å². The maximum atomic E-state index is 12.7. The molecule has 27 heavy (non-hydrogen) atoms. The first-order valence-electron chi connectivity index (χ1n) is 8.51. The molecule has 0 saturated heterocycles. The number of aryl methyl sites for hydroxylation is 1. The molecule has 2 rings (SSSR count). The largest absolute Gasteiger partial charge is 0.493 e. The standard InChI is InChI=1S/C19H24N2O5S/c1-6-9-19(3,18(23)24)21-16(22)15-11(2)20-17(27-15)12-7-8-13(25-4)14(10-12)26-5/h7-8,10H,6,9H2,1-5H3,(H,21,22)(H,23,24). The summed E-state index contributed by atoms with van der Waals surface area (Å²) in [6, 6.07) is 5.39. The fourth-order valence-electron chi connectivity index (χ4n) is 2.73. The summed E-state index contributed by atoms with van der Waals surface area (Å²) in [7, 11) is 3.11. The lowest BCUT2D eigenvalue weighted by molar-refractivity contribution is -0.144. The van der Waals surface area contributed by atoms with Crippen molar-refractivity contribution in [1.82, 2.24) is 10.3 Å². The number of carbonyl (C=O) groups is 2. The zero-order chi connectivity index (χ0) is 20.2. The summed E-state index contributed by atoms with van der Waals surface area (Å²) in [5.41, 5.74) is 0.0204. The van der Waals surface area contributed by atoms with Gasteiger partial charge in [-0.1, -0.05) is 13.3 Å². The maximum Gasteiger partial charge on any atom is 0.329 e. The minimum absolute atomic E-state index is 0.342. The van der Waals surface area contributed by atoms with Gasteiger partial charge in [0, 0.05) is 5.56 Å². The van der Waals surface area contributed by atoms with E-state index in [0.29, 0.717) is 39.9 Å². The van der Waals surface area contributed by atoms with Crippen LogP contribution in [0.25, 0.3) is 10.6 Å². The summed E-state index contributed by atoms with van der Waals surface area (Å²) >= 11 is 1.21. The number of thiazole rings is 1. The number of ether oxygens (including phenoxy) is 2. The van der Waals surface area contributed by atoms with Gasteiger partial charge in [0.1, 0.15) is 15.4 Å². The van der Waals surface area contributed by atoms with E-state index in [4.69, 9.17) is 9.47 Å². The van der Waals surface area contributed by atoms with Crippen molar-refractivity contribution in [2.75, 3.05) is 14.2 Å². The molecule has 0 spiro atoms. The third-order valence-electron chi connectivity index (χ3n) is 4.24. The fraction of sp³-hybridized carbons (Fsp3) is 0.421. The Morgan fingerprint density at radius 1 is 1.26 bits per heavy atom. The van der Waals surface area contributed by atoms with Crippen LogP contribution in [0.5, 0.6) is 11.5 Å². The molecule has 1 aromatic carbocycles. The highest BCUT2D eigenvalue weighted by molar-refractivity contribution is 7.17. The SMILES string of the molecule is CCCC(C)(NC(=O)c1sc(-c2ccc(OC)c(OC)c2)nc1C)C(=O)O. The monoisotopic (exact) mass is 392 g/mol. The number of amides is 1. The van der Waals surface area contributed by atoms with Crippen LogP contribution in [0.3, 0.4) is 0 Å². The van der Waals surface area contributed by atoms with Crippen molar-refractivity contribution >= 4 is 23.2 Å². The Balaban J connectivity index is 2.33. The number of carboxylic acids is 1. The van der Waals surface area contributed by atoms with Crippen molar-refractivity contribution in [2.24, 2.45) is 0 Å². The van der Waals surface area contributed by atoms with Crippen LogP contribution in [0.1, 0.15) is 42.1 Å². The van der Waals surface area contributed by atoms with Crippen LogP contribution in [0, 0.1) is 6.92 Å². The number of rotatable bonds is 8. The van der Waals surface area contributed by atoms with Crippen molar-refractivity contribution in [2.45, 2.75) is 39.2 Å². The van der Waals surface area contributed by atoms with E-state index in [2.05, 4.69) is 10.3 Å². The average molecular weight is 392 g/mol. The van der Waals surface area contributed by atoms with Gasteiger partial charge in [-0.3, -0.25) is 4.79 Å². The van der Waals surface area contributed by atoms with Crippen LogP contribution in [0.4, 0.5) is 0 Å². The molecule has 8 heteroatoms. The highest BCUT2D eigenvalue weighted by Crippen LogP contribution is 2.35. The highest BCUT2D eigenvalue weighted by Gasteiger charge is 2.35. The Labute approximate surface area is 162 Å². The third-order valence-corrected chi connectivity index (χ3v) is 5.45. The lowest BCUT2D eigenvalue weighted by Crippen LogP contribution is -2.52. The minimum Gasteiger partial charge on any atom is -0.493 e. The second kappa shape index (κ2) is 8.39. The topological polar surface area (TPSA) is 97.8 Å². The second-order valence-corrected chi connectivity index (χ2v) is 7.34. The second-order valence-electron chi connectivity index (χ2n) is 6.34. The Bertz CT molecular complexity index is 849. The normalized spacial score (nSPS) is 12.9. The molecule has 0 radical (unpaired) electrons. The van der Waals surface area contributed by atoms with Crippen molar-refractivity contribution in [3.05, 3.63) is 28.8 Å². The number of aromatic nitrogens is 1. The van der Waals surface area contributed by atoms with E-state index in [9.17, 15) is 14.7 Å². The van der Waals surface area contributed by atoms with E-state index < -0.39 is 17.4 Å². The summed E-state index contributed by atoms with van der Waals surface area (Å²) in [5.74, 6) is -0.324. The molecule has 0 bridgehead atoms. The van der Waals surface area contributed by atoms with Crippen LogP contribution < -0.4 is 14.8 Å². The molecule has 1 atom stereocenters. The van der Waals surface area contributed by atoms with Gasteiger partial charge in [-0.2, -0.15) is 0 Å². The predicted octanol–water partition coefficient (Wildman–Crippen LogP) is 3.51. The van der Waals surface area contributed by atoms with E-state index in [1.165, 1.54) is 18.3 Å². The van der Waals surface area contributed by atoms with Crippen molar-refractivity contribution in [3.63, 3.8) is 0 Å². The molecule has 1 amide bonds. The Morgan fingerprint density at radius 2 is 1.93 bits per heavy atom. The lowest BCUT2D eigenvalue weighted by Gasteiger charge is -2.25. The molecule has 2 N–H and O–H groups in total. The number of nitrogens with one attached hydrogen (secondary N) is 1. The molecular weight excluding hydrogens is 368 g/mol. The molecule has 2 aromatic rings. The summed E-state index contributed by atoms with van der Waals surface area (Å²) in [4.78, 5) is 29.1. The van der Waals surface area contributed by atoms with Crippen molar-refractivity contribution in [1.29, 1.82) is 0 Å². The summed E-state index contributed by atoms with van der Waals surface area (Å²) in [5, 5.41) is 12.8. The molecule has 0 aliphatic carbocycles. The molecule has 1 unspecified atom stereocenters. The van der Waals surface area contributed by atoms with Gasteiger partial charge >= 0.3 is 5.97 Å². The average Bonchev–Trinajstić information content (AvgIpc) is 3.03. The zero-order valence-corrected chi connectivity index (χ0v) is 16.9. The molecule has 0 aliphatic heterocycles. The van der Waals surface area contributed by atoms with Crippen LogP contribution in [-0.2, 0) is 4.79 Å². The fourth-order valence-corrected chi connectivity index (χ4v) is 3.69. The number of hydrogen-bond acceptors (Lipinski definition) is 6. The van der Waals surface area contributed by atoms with Gasteiger partial charge in [0.2, 0.25) is 0 Å². The number of carboxylic acid groups (broad SMARTS) is 1. The Kier molecular flexibility index (Phi) is 6.43. The van der Waals surface area contributed by atoms with Crippen molar-refractivity contribution in [3.8, 4) is 22.1 Å². The van der Waals surface area contributed by atoms with Gasteiger partial charge in [-0.15, -0.1) is 11.3 Å². The number of carbonyl (C=O) groups excluding carboxylic acids is 1. The van der Waals surface area contributed by atoms with E-state index in [-0.39, 0.29) is 0 Å². The molecule has 7 nitrogen and oxygen atoms in total. The molecular formula is C19H24N2O5S. The number of aliphatic carboxylic acids is 1. The maximum absolute atomic E-state index is 12.7. The first-order valence-corrected chi connectivity index (χ1v) is 9.33. The van der Waals surface area contributed by atoms with E-state index >= 15 is 0 Å². The minimum atomic E-state index is -1.31. The van der Waals surface area contributed by atoms with Crippen LogP contribution in [0.2, 0.25) is 0 Å². The third kappa shape index (κ3) is 4.39. The first kappa shape index (κ1) is 20.7. The Hall–Kier alpha value is -2.61. The van der Waals surface area contributed by atoms with Crippen LogP contribution >= 0.6 is 11.3 Å². The number of hydrogen-bond donors (Lipinski definition) is 2. The molecule has 1 aromatic heterocycles. The van der Waals surface area contributed by atoms with E-state index in [1.54, 1.807) is 33.3 Å². The Morgan fingerprint density at radius 3 is 2.48 bits per heavy atom. The number of nitrogens with zero attached hydrogens (tertiary/aromatic N) is 1. The predicted molar refractivity (Wildman–Crippen MR) is 104 cm³/mol. The summed E-state index contributed by atoms with van der Waals surface area (Å²) < 4.78 is 10.5. The van der Waals surface area contributed by atoms with Gasteiger partial charge < -0.3 is 19.9 Å². The molecule has 1 heterocycles. The molecule has 0 saturated carbocycles. The van der Waals surface area contributed by atoms with Gasteiger partial charge in [0.25, 0.3) is 5.91 Å². The van der Waals surface area contributed by atoms with Gasteiger partial charge in [-0.05, 0) is 38.5 Å². The summed E-state index contributed by atoms with van der Waals surface area (Å²) in [6.45, 7) is 5.12. The number of methoxy groups -OCH3 is 2. The van der Waals surface area contributed by atoms with Gasteiger partial charge in [-0.25, -0.2) is 9.78 Å². The quantitative estimate of drug-likeness (QED) is 0.713. The van der Waals surface area contributed by atoms with E-state index in [0.717, 1.165) is 5.56 Å². The number of benzene rings is 1. The molecule has 0 fully saturated rings. The molecule has 146 valence electrons. The van der Waals surface area contributed by atoms with Gasteiger partial charge in [0.05, 0.1) is 19.9 Å². The summed E-state index contributed by atoms with van der Waals surface area (Å²) in [6.07, 6.45) is 0.982. The van der Waals surface area contributed by atoms with Crippen LogP contribution in [-0.4, -0.2) is 41.7 Å². The smallest absolute Gasteiger partial charge is 0.329 e. The van der Waals surface area contributed by atoms with Crippen molar-refractivity contribution < 1.29 is 24.2 Å². The zero-order valence-electron chi connectivity index (χ0n) is 16.1. The van der Waals surface area contributed by atoms with Crippen LogP contribution in [0.15, 0.2) is 18.2 Å².